The molecule has 0 unspecified atom stereocenters. The summed E-state index contributed by atoms with van der Waals surface area (Å²) in [7, 11) is 3.87. The fourth-order valence-electron chi connectivity index (χ4n) is 4.53. The maximum Gasteiger partial charge on any atom is 0.160 e. The molecule has 1 fully saturated rings. The summed E-state index contributed by atoms with van der Waals surface area (Å²) >= 11 is 0. The summed E-state index contributed by atoms with van der Waals surface area (Å²) in [6.07, 6.45) is 11.9. The van der Waals surface area contributed by atoms with Gasteiger partial charge in [-0.05, 0) is 39.5 Å². The topological polar surface area (TPSA) is 87.6 Å². The van der Waals surface area contributed by atoms with Gasteiger partial charge in [0.05, 0.1) is 35.8 Å². The largest absolute Gasteiger partial charge is 0.487 e. The fourth-order valence-corrected chi connectivity index (χ4v) is 4.53. The van der Waals surface area contributed by atoms with Gasteiger partial charge in [0.2, 0.25) is 0 Å². The summed E-state index contributed by atoms with van der Waals surface area (Å²) in [6, 6.07) is 2.45. The Morgan fingerprint density at radius 1 is 1.09 bits per heavy atom. The van der Waals surface area contributed by atoms with Crippen molar-refractivity contribution in [2.24, 2.45) is 14.1 Å². The first kappa shape index (κ1) is 20.5. The predicted molar refractivity (Wildman–Crippen MR) is 124 cm³/mol. The summed E-state index contributed by atoms with van der Waals surface area (Å²) < 4.78 is 12.1. The van der Waals surface area contributed by atoms with E-state index >= 15 is 0 Å². The number of nitrogens with zero attached hydrogens (tertiary/aromatic N) is 7. The molecule has 32 heavy (non-hydrogen) atoms. The molecule has 1 N–H and O–H groups in total. The number of anilines is 1. The number of fused-ring (bicyclic) bond motifs is 1. The van der Waals surface area contributed by atoms with Gasteiger partial charge in [-0.2, -0.15) is 15.3 Å². The molecule has 0 spiro atoms. The van der Waals surface area contributed by atoms with E-state index in [1.807, 2.05) is 55.2 Å². The van der Waals surface area contributed by atoms with Gasteiger partial charge in [-0.15, -0.1) is 0 Å². The summed E-state index contributed by atoms with van der Waals surface area (Å²) in [5.74, 6) is 1.77. The summed E-state index contributed by atoms with van der Waals surface area (Å²) in [6.45, 7) is 4.95. The fraction of sp³-hybridized carbons (Fsp3) is 0.478. The van der Waals surface area contributed by atoms with Crippen LogP contribution in [0, 0.1) is 6.92 Å². The molecule has 0 amide bonds. The van der Waals surface area contributed by atoms with Crippen LogP contribution in [0.15, 0.2) is 30.9 Å². The van der Waals surface area contributed by atoms with Crippen LogP contribution in [0.1, 0.15) is 44.3 Å². The monoisotopic (exact) mass is 434 g/mol. The average molecular weight is 435 g/mol. The number of ether oxygens (including phenoxy) is 1. The summed E-state index contributed by atoms with van der Waals surface area (Å²) in [5.41, 5.74) is 4.13. The molecule has 0 saturated heterocycles. The lowest BCUT2D eigenvalue weighted by Gasteiger charge is -2.29. The highest BCUT2D eigenvalue weighted by Gasteiger charge is 2.27. The highest BCUT2D eigenvalue weighted by atomic mass is 16.5. The molecule has 0 atom stereocenters. The van der Waals surface area contributed by atoms with Gasteiger partial charge in [0, 0.05) is 50.0 Å². The van der Waals surface area contributed by atoms with Gasteiger partial charge in [-0.1, -0.05) is 0 Å². The molecular weight excluding hydrogens is 404 g/mol. The number of nitrogens with one attached hydrogen (secondary N) is 1. The van der Waals surface area contributed by atoms with E-state index in [0.717, 1.165) is 71.6 Å². The first-order chi connectivity index (χ1) is 15.5. The second kappa shape index (κ2) is 8.29. The van der Waals surface area contributed by atoms with Gasteiger partial charge in [0.1, 0.15) is 11.5 Å². The van der Waals surface area contributed by atoms with Crippen molar-refractivity contribution in [1.82, 2.24) is 34.3 Å². The zero-order valence-corrected chi connectivity index (χ0v) is 19.1. The zero-order chi connectivity index (χ0) is 22.2. The lowest BCUT2D eigenvalue weighted by atomic mass is 9.93. The van der Waals surface area contributed by atoms with Crippen LogP contribution in [0.25, 0.3) is 22.2 Å². The minimum Gasteiger partial charge on any atom is -0.487 e. The SMILES string of the molecule is CCNc1cc2c(cn1)c(-c1cnn(C)c1)nn2C1CCC(Oc2cnn(C)c2C)CC1. The van der Waals surface area contributed by atoms with Crippen LogP contribution in [-0.2, 0) is 14.1 Å². The van der Waals surface area contributed by atoms with Crippen molar-refractivity contribution < 1.29 is 4.74 Å². The van der Waals surface area contributed by atoms with Crippen molar-refractivity contribution in [2.45, 2.75) is 51.7 Å². The van der Waals surface area contributed by atoms with Crippen molar-refractivity contribution in [1.29, 1.82) is 0 Å². The molecule has 0 radical (unpaired) electrons. The highest BCUT2D eigenvalue weighted by Crippen LogP contribution is 2.36. The standard InChI is InChI=1S/C23H30N8O/c1-5-24-22-10-20-19(12-25-22)23(16-11-26-29(3)14-16)28-31(20)17-6-8-18(9-7-17)32-21-13-27-30(4)15(21)2/h10-14,17-18H,5-9H2,1-4H3,(H,24,25). The molecular formula is C23H30N8O. The minimum absolute atomic E-state index is 0.216. The van der Waals surface area contributed by atoms with Crippen LogP contribution in [0.5, 0.6) is 5.75 Å². The van der Waals surface area contributed by atoms with Gasteiger partial charge < -0.3 is 10.1 Å². The Hall–Kier alpha value is -3.36. The Bertz CT molecular complexity index is 1230. The number of aromatic nitrogens is 7. The van der Waals surface area contributed by atoms with Crippen LogP contribution < -0.4 is 10.1 Å². The van der Waals surface area contributed by atoms with E-state index in [0.29, 0.717) is 6.04 Å². The van der Waals surface area contributed by atoms with Crippen LogP contribution >= 0.6 is 0 Å². The van der Waals surface area contributed by atoms with Gasteiger partial charge in [-0.3, -0.25) is 14.0 Å². The molecule has 4 aromatic rings. The number of hydrogen-bond donors (Lipinski definition) is 1. The Balaban J connectivity index is 1.42. The van der Waals surface area contributed by atoms with Crippen molar-refractivity contribution in [3.05, 3.63) is 36.5 Å². The van der Waals surface area contributed by atoms with Gasteiger partial charge in [-0.25, -0.2) is 4.98 Å². The van der Waals surface area contributed by atoms with Crippen LogP contribution in [0.4, 0.5) is 5.82 Å². The Morgan fingerprint density at radius 3 is 2.56 bits per heavy atom. The second-order valence-corrected chi connectivity index (χ2v) is 8.58. The van der Waals surface area contributed by atoms with Gasteiger partial charge in [0.25, 0.3) is 0 Å². The molecule has 4 aromatic heterocycles. The van der Waals surface area contributed by atoms with E-state index in [4.69, 9.17) is 9.84 Å². The molecule has 1 aliphatic rings. The Kier molecular flexibility index (Phi) is 5.32. The molecule has 9 nitrogen and oxygen atoms in total. The first-order valence-electron chi connectivity index (χ1n) is 11.3. The zero-order valence-electron chi connectivity index (χ0n) is 19.1. The van der Waals surface area contributed by atoms with Crippen molar-refractivity contribution >= 4 is 16.7 Å². The highest BCUT2D eigenvalue weighted by molar-refractivity contribution is 5.93. The first-order valence-corrected chi connectivity index (χ1v) is 11.3. The maximum atomic E-state index is 6.26. The number of aryl methyl sites for hydroxylation is 2. The third-order valence-corrected chi connectivity index (χ3v) is 6.40. The van der Waals surface area contributed by atoms with Gasteiger partial charge in [0.15, 0.2) is 5.75 Å². The Morgan fingerprint density at radius 2 is 1.91 bits per heavy atom. The molecule has 1 saturated carbocycles. The number of hydrogen-bond acceptors (Lipinski definition) is 6. The quantitative estimate of drug-likeness (QED) is 0.496. The normalized spacial score (nSPS) is 18.9. The lowest BCUT2D eigenvalue weighted by molar-refractivity contribution is 0.130. The molecule has 0 aliphatic heterocycles. The molecule has 5 rings (SSSR count). The predicted octanol–water partition coefficient (Wildman–Crippen LogP) is 3.87. The van der Waals surface area contributed by atoms with Crippen molar-refractivity contribution in [3.63, 3.8) is 0 Å². The van der Waals surface area contributed by atoms with E-state index in [-0.39, 0.29) is 6.10 Å². The molecule has 168 valence electrons. The Labute approximate surface area is 187 Å². The number of pyridine rings is 1. The third kappa shape index (κ3) is 3.72. The van der Waals surface area contributed by atoms with E-state index in [9.17, 15) is 0 Å². The van der Waals surface area contributed by atoms with Gasteiger partial charge >= 0.3 is 0 Å². The summed E-state index contributed by atoms with van der Waals surface area (Å²) in [4.78, 5) is 4.60. The minimum atomic E-state index is 0.216. The molecule has 0 bridgehead atoms. The van der Waals surface area contributed by atoms with E-state index in [1.54, 1.807) is 0 Å². The third-order valence-electron chi connectivity index (χ3n) is 6.40. The van der Waals surface area contributed by atoms with E-state index < -0.39 is 0 Å². The second-order valence-electron chi connectivity index (χ2n) is 8.58. The van der Waals surface area contributed by atoms with E-state index in [1.165, 1.54) is 0 Å². The average Bonchev–Trinajstić information content (AvgIpc) is 3.48. The lowest BCUT2D eigenvalue weighted by Crippen LogP contribution is -2.26. The van der Waals surface area contributed by atoms with Crippen molar-refractivity contribution in [3.8, 4) is 17.0 Å². The molecule has 1 aliphatic carbocycles. The van der Waals surface area contributed by atoms with E-state index in [2.05, 4.69) is 38.2 Å². The summed E-state index contributed by atoms with van der Waals surface area (Å²) in [5, 5.41) is 18.1. The van der Waals surface area contributed by atoms with Crippen LogP contribution in [0.3, 0.4) is 0 Å². The smallest absolute Gasteiger partial charge is 0.160 e. The molecule has 4 heterocycles. The van der Waals surface area contributed by atoms with Crippen LogP contribution in [-0.4, -0.2) is 47.0 Å². The van der Waals surface area contributed by atoms with Crippen molar-refractivity contribution in [2.75, 3.05) is 11.9 Å². The molecule has 9 heteroatoms. The maximum absolute atomic E-state index is 6.26. The number of rotatable bonds is 6. The molecule has 0 aromatic carbocycles. The van der Waals surface area contributed by atoms with Crippen LogP contribution in [0.2, 0.25) is 0 Å².